The number of aromatic nitrogens is 2. The SMILES string of the molecule is Cc1ccc2nc(N3CCS(=O)c4ccccc4C3)nc(NC3CNCC3F)c2c1. The molecule has 0 bridgehead atoms. The Bertz CT molecular complexity index is 1120. The number of hydrogen-bond acceptors (Lipinski definition) is 6. The summed E-state index contributed by atoms with van der Waals surface area (Å²) in [4.78, 5) is 12.6. The Morgan fingerprint density at radius 3 is 2.90 bits per heavy atom. The van der Waals surface area contributed by atoms with E-state index in [4.69, 9.17) is 9.97 Å². The Balaban J connectivity index is 1.56. The minimum atomic E-state index is -1.04. The normalized spacial score (nSPS) is 23.9. The van der Waals surface area contributed by atoms with Crippen LogP contribution in [0.1, 0.15) is 11.1 Å². The predicted molar refractivity (Wildman–Crippen MR) is 118 cm³/mol. The van der Waals surface area contributed by atoms with Gasteiger partial charge in [0.15, 0.2) is 0 Å². The zero-order valence-corrected chi connectivity index (χ0v) is 17.6. The Labute approximate surface area is 177 Å². The number of aryl methyl sites for hydroxylation is 1. The molecular weight excluding hydrogens is 401 g/mol. The quantitative estimate of drug-likeness (QED) is 0.673. The summed E-state index contributed by atoms with van der Waals surface area (Å²) in [6.45, 7) is 4.11. The van der Waals surface area contributed by atoms with Gasteiger partial charge < -0.3 is 15.5 Å². The van der Waals surface area contributed by atoms with Gasteiger partial charge in [-0.25, -0.2) is 9.37 Å². The molecule has 2 aliphatic heterocycles. The molecule has 156 valence electrons. The number of nitrogens with zero attached hydrogens (tertiary/aromatic N) is 3. The highest BCUT2D eigenvalue weighted by Crippen LogP contribution is 2.28. The summed E-state index contributed by atoms with van der Waals surface area (Å²) in [6.07, 6.45) is -0.962. The van der Waals surface area contributed by atoms with E-state index in [0.717, 1.165) is 26.9 Å². The molecule has 6 nitrogen and oxygen atoms in total. The van der Waals surface area contributed by atoms with Crippen LogP contribution in [-0.4, -0.2) is 51.8 Å². The number of nitrogens with one attached hydrogen (secondary N) is 2. The molecule has 3 atom stereocenters. The molecule has 0 amide bonds. The molecule has 3 aromatic rings. The van der Waals surface area contributed by atoms with E-state index < -0.39 is 17.0 Å². The Morgan fingerprint density at radius 1 is 1.20 bits per heavy atom. The van der Waals surface area contributed by atoms with Crippen LogP contribution in [0.3, 0.4) is 0 Å². The van der Waals surface area contributed by atoms with E-state index in [-0.39, 0.29) is 6.04 Å². The molecule has 3 heterocycles. The Hall–Kier alpha value is -2.58. The molecular formula is C22H24FN5OS. The molecule has 5 rings (SSSR count). The van der Waals surface area contributed by atoms with Crippen molar-refractivity contribution in [1.29, 1.82) is 0 Å². The molecule has 2 N–H and O–H groups in total. The van der Waals surface area contributed by atoms with Crippen LogP contribution in [0, 0.1) is 6.92 Å². The summed E-state index contributed by atoms with van der Waals surface area (Å²) in [5.74, 6) is 1.74. The van der Waals surface area contributed by atoms with Gasteiger partial charge in [0, 0.05) is 42.2 Å². The highest BCUT2D eigenvalue weighted by Gasteiger charge is 2.28. The molecule has 8 heteroatoms. The lowest BCUT2D eigenvalue weighted by molar-refractivity contribution is 0.342. The van der Waals surface area contributed by atoms with Crippen molar-refractivity contribution in [2.24, 2.45) is 0 Å². The standard InChI is InChI=1S/C22H24FN5OS/c1-14-6-7-18-16(10-14)21(25-19-12-24-11-17(19)23)27-22(26-18)28-8-9-30(29)20-5-3-2-4-15(20)13-28/h2-7,10,17,19,24H,8-9,11-13H2,1H3,(H,25,26,27). The van der Waals surface area contributed by atoms with E-state index in [1.807, 2.05) is 49.4 Å². The van der Waals surface area contributed by atoms with E-state index >= 15 is 0 Å². The Morgan fingerprint density at radius 2 is 2.07 bits per heavy atom. The minimum absolute atomic E-state index is 0.325. The van der Waals surface area contributed by atoms with Crippen molar-refractivity contribution in [1.82, 2.24) is 15.3 Å². The van der Waals surface area contributed by atoms with E-state index in [2.05, 4.69) is 15.5 Å². The fraction of sp³-hybridized carbons (Fsp3) is 0.364. The van der Waals surface area contributed by atoms with Crippen molar-refractivity contribution in [2.75, 3.05) is 35.6 Å². The van der Waals surface area contributed by atoms with Gasteiger partial charge in [-0.1, -0.05) is 29.8 Å². The van der Waals surface area contributed by atoms with Gasteiger partial charge in [0.25, 0.3) is 0 Å². The van der Waals surface area contributed by atoms with Gasteiger partial charge in [-0.05, 0) is 30.7 Å². The maximum absolute atomic E-state index is 14.3. The van der Waals surface area contributed by atoms with Gasteiger partial charge in [0.1, 0.15) is 12.0 Å². The average Bonchev–Trinajstić information content (AvgIpc) is 3.07. The van der Waals surface area contributed by atoms with Crippen molar-refractivity contribution < 1.29 is 8.60 Å². The first-order valence-corrected chi connectivity index (χ1v) is 11.5. The lowest BCUT2D eigenvalue weighted by Gasteiger charge is -2.23. The minimum Gasteiger partial charge on any atom is -0.362 e. The number of rotatable bonds is 3. The van der Waals surface area contributed by atoms with Gasteiger partial charge in [-0.15, -0.1) is 0 Å². The summed E-state index contributed by atoms with van der Waals surface area (Å²) in [5.41, 5.74) is 2.94. The fourth-order valence-electron chi connectivity index (χ4n) is 4.06. The zero-order chi connectivity index (χ0) is 20.7. The Kier molecular flexibility index (Phi) is 5.12. The highest BCUT2D eigenvalue weighted by atomic mass is 32.2. The molecule has 0 radical (unpaired) electrons. The highest BCUT2D eigenvalue weighted by molar-refractivity contribution is 7.85. The first kappa shape index (κ1) is 19.4. The largest absolute Gasteiger partial charge is 0.362 e. The molecule has 1 fully saturated rings. The van der Waals surface area contributed by atoms with E-state index in [1.165, 1.54) is 0 Å². The molecule has 1 saturated heterocycles. The third-order valence-corrected chi connectivity index (χ3v) is 7.15. The number of benzene rings is 2. The van der Waals surface area contributed by atoms with Crippen molar-refractivity contribution in [3.8, 4) is 0 Å². The zero-order valence-electron chi connectivity index (χ0n) is 16.8. The van der Waals surface area contributed by atoms with Gasteiger partial charge in [-0.3, -0.25) is 4.21 Å². The molecule has 2 aliphatic rings. The number of fused-ring (bicyclic) bond motifs is 2. The smallest absolute Gasteiger partial charge is 0.228 e. The van der Waals surface area contributed by atoms with E-state index in [1.54, 1.807) is 0 Å². The van der Waals surface area contributed by atoms with Crippen LogP contribution in [0.2, 0.25) is 0 Å². The summed E-state index contributed by atoms with van der Waals surface area (Å²) < 4.78 is 26.9. The van der Waals surface area contributed by atoms with Crippen LogP contribution in [0.25, 0.3) is 10.9 Å². The number of halogens is 1. The van der Waals surface area contributed by atoms with Crippen molar-refractivity contribution >= 4 is 33.5 Å². The predicted octanol–water partition coefficient (Wildman–Crippen LogP) is 2.79. The second kappa shape index (κ2) is 7.92. The van der Waals surface area contributed by atoms with Gasteiger partial charge in [0.05, 0.1) is 22.4 Å². The second-order valence-corrected chi connectivity index (χ2v) is 9.44. The third kappa shape index (κ3) is 3.65. The first-order chi connectivity index (χ1) is 14.6. The number of anilines is 2. The molecule has 0 aliphatic carbocycles. The lowest BCUT2D eigenvalue weighted by atomic mass is 10.1. The maximum atomic E-state index is 14.3. The summed E-state index contributed by atoms with van der Waals surface area (Å²) >= 11 is 0. The maximum Gasteiger partial charge on any atom is 0.228 e. The number of alkyl halides is 1. The van der Waals surface area contributed by atoms with E-state index in [0.29, 0.717) is 43.7 Å². The van der Waals surface area contributed by atoms with Crippen LogP contribution in [0.5, 0.6) is 0 Å². The van der Waals surface area contributed by atoms with Crippen LogP contribution in [-0.2, 0) is 17.3 Å². The topological polar surface area (TPSA) is 70.2 Å². The molecule has 0 spiro atoms. The molecule has 0 saturated carbocycles. The fourth-order valence-corrected chi connectivity index (χ4v) is 5.32. The van der Waals surface area contributed by atoms with Crippen LogP contribution in [0.4, 0.5) is 16.2 Å². The molecule has 30 heavy (non-hydrogen) atoms. The second-order valence-electron chi connectivity index (χ2n) is 7.90. The molecule has 3 unspecified atom stereocenters. The molecule has 2 aromatic carbocycles. The van der Waals surface area contributed by atoms with Crippen LogP contribution >= 0.6 is 0 Å². The van der Waals surface area contributed by atoms with Gasteiger partial charge >= 0.3 is 0 Å². The number of hydrogen-bond donors (Lipinski definition) is 2. The third-order valence-electron chi connectivity index (χ3n) is 5.71. The van der Waals surface area contributed by atoms with Crippen molar-refractivity contribution in [3.05, 3.63) is 53.6 Å². The van der Waals surface area contributed by atoms with Crippen LogP contribution in [0.15, 0.2) is 47.4 Å². The first-order valence-electron chi connectivity index (χ1n) is 10.2. The summed E-state index contributed by atoms with van der Waals surface area (Å²) in [5, 5.41) is 7.27. The summed E-state index contributed by atoms with van der Waals surface area (Å²) in [7, 11) is -1.04. The average molecular weight is 426 g/mol. The lowest BCUT2D eigenvalue weighted by Crippen LogP contribution is -2.31. The summed E-state index contributed by atoms with van der Waals surface area (Å²) in [6, 6.07) is 13.5. The van der Waals surface area contributed by atoms with Gasteiger partial charge in [-0.2, -0.15) is 4.98 Å². The van der Waals surface area contributed by atoms with Crippen LogP contribution < -0.4 is 15.5 Å². The van der Waals surface area contributed by atoms with Gasteiger partial charge in [0.2, 0.25) is 5.95 Å². The van der Waals surface area contributed by atoms with Crippen molar-refractivity contribution in [2.45, 2.75) is 30.6 Å². The monoisotopic (exact) mass is 425 g/mol. The molecule has 1 aromatic heterocycles. The van der Waals surface area contributed by atoms with Crippen molar-refractivity contribution in [3.63, 3.8) is 0 Å². The van der Waals surface area contributed by atoms with E-state index in [9.17, 15) is 8.60 Å².